The van der Waals surface area contributed by atoms with Gasteiger partial charge in [-0.2, -0.15) is 0 Å². The average Bonchev–Trinajstić information content (AvgIpc) is 2.59. The minimum Gasteiger partial charge on any atom is -0.482 e. The number of nitrogens with one attached hydrogen (secondary N) is 1. The van der Waals surface area contributed by atoms with Crippen LogP contribution in [-0.2, 0) is 16.0 Å². The standard InChI is InChI=1S/C18H17FN2O3/c19-14-7-5-13(6-8-14)11-17(22)20-9-10-21-15-3-1-2-4-16(15)24-12-18(21)23/h1-8H,9-12H2,(H,20,22). The Morgan fingerprint density at radius 2 is 1.92 bits per heavy atom. The molecule has 0 fully saturated rings. The van der Waals surface area contributed by atoms with Crippen LogP contribution in [0.3, 0.4) is 0 Å². The van der Waals surface area contributed by atoms with Crippen molar-refractivity contribution < 1.29 is 18.7 Å². The molecule has 1 aliphatic rings. The topological polar surface area (TPSA) is 58.6 Å². The van der Waals surface area contributed by atoms with Crippen LogP contribution < -0.4 is 15.0 Å². The molecule has 0 saturated heterocycles. The molecule has 1 N–H and O–H groups in total. The summed E-state index contributed by atoms with van der Waals surface area (Å²) in [4.78, 5) is 25.5. The van der Waals surface area contributed by atoms with Gasteiger partial charge in [0.1, 0.15) is 11.6 Å². The van der Waals surface area contributed by atoms with Crippen LogP contribution in [0.2, 0.25) is 0 Å². The molecule has 24 heavy (non-hydrogen) atoms. The Hall–Kier alpha value is -2.89. The van der Waals surface area contributed by atoms with E-state index in [4.69, 9.17) is 4.74 Å². The maximum absolute atomic E-state index is 12.8. The van der Waals surface area contributed by atoms with E-state index in [1.165, 1.54) is 12.1 Å². The first kappa shape index (κ1) is 16.0. The number of amides is 2. The molecule has 0 aliphatic carbocycles. The number of hydrogen-bond acceptors (Lipinski definition) is 3. The highest BCUT2D eigenvalue weighted by molar-refractivity contribution is 5.97. The van der Waals surface area contributed by atoms with Crippen molar-refractivity contribution in [2.75, 3.05) is 24.6 Å². The highest BCUT2D eigenvalue weighted by atomic mass is 19.1. The molecule has 0 spiro atoms. The van der Waals surface area contributed by atoms with Gasteiger partial charge in [0.05, 0.1) is 12.1 Å². The molecule has 2 amide bonds. The predicted molar refractivity (Wildman–Crippen MR) is 87.4 cm³/mol. The van der Waals surface area contributed by atoms with Crippen LogP contribution in [0.25, 0.3) is 0 Å². The molecule has 124 valence electrons. The number of anilines is 1. The zero-order valence-electron chi connectivity index (χ0n) is 13.0. The van der Waals surface area contributed by atoms with E-state index < -0.39 is 0 Å². The number of hydrogen-bond donors (Lipinski definition) is 1. The van der Waals surface area contributed by atoms with E-state index in [1.807, 2.05) is 24.3 Å². The molecule has 2 aromatic carbocycles. The van der Waals surface area contributed by atoms with Crippen LogP contribution in [0, 0.1) is 5.82 Å². The second-order valence-electron chi connectivity index (χ2n) is 5.45. The van der Waals surface area contributed by atoms with E-state index in [0.29, 0.717) is 24.5 Å². The second-order valence-corrected chi connectivity index (χ2v) is 5.45. The molecule has 6 heteroatoms. The number of benzene rings is 2. The van der Waals surface area contributed by atoms with Gasteiger partial charge in [-0.05, 0) is 29.8 Å². The molecule has 0 radical (unpaired) electrons. The fraction of sp³-hybridized carbons (Fsp3) is 0.222. The number of halogens is 1. The summed E-state index contributed by atoms with van der Waals surface area (Å²) >= 11 is 0. The number of ether oxygens (including phenoxy) is 1. The van der Waals surface area contributed by atoms with Gasteiger partial charge in [-0.15, -0.1) is 0 Å². The van der Waals surface area contributed by atoms with Crippen molar-refractivity contribution in [2.45, 2.75) is 6.42 Å². The third-order valence-electron chi connectivity index (χ3n) is 3.74. The molecule has 2 aromatic rings. The summed E-state index contributed by atoms with van der Waals surface area (Å²) in [7, 11) is 0. The minimum atomic E-state index is -0.330. The number of fused-ring (bicyclic) bond motifs is 1. The molecule has 0 bridgehead atoms. The normalized spacial score (nSPS) is 13.2. The number of rotatable bonds is 5. The zero-order chi connectivity index (χ0) is 16.9. The van der Waals surface area contributed by atoms with Crippen LogP contribution in [0.4, 0.5) is 10.1 Å². The number of para-hydroxylation sites is 2. The van der Waals surface area contributed by atoms with Crippen molar-refractivity contribution in [1.29, 1.82) is 0 Å². The Bertz CT molecular complexity index is 746. The third kappa shape index (κ3) is 3.71. The van der Waals surface area contributed by atoms with Crippen molar-refractivity contribution in [1.82, 2.24) is 5.32 Å². The fourth-order valence-electron chi connectivity index (χ4n) is 2.56. The summed E-state index contributed by atoms with van der Waals surface area (Å²) in [6.45, 7) is 0.703. The first-order chi connectivity index (χ1) is 11.6. The van der Waals surface area contributed by atoms with Gasteiger partial charge in [0.15, 0.2) is 6.61 Å². The summed E-state index contributed by atoms with van der Waals surface area (Å²) in [6, 6.07) is 13.1. The molecule has 0 aromatic heterocycles. The lowest BCUT2D eigenvalue weighted by atomic mass is 10.1. The van der Waals surface area contributed by atoms with Crippen LogP contribution in [0.5, 0.6) is 5.75 Å². The van der Waals surface area contributed by atoms with Gasteiger partial charge >= 0.3 is 0 Å². The van der Waals surface area contributed by atoms with E-state index in [9.17, 15) is 14.0 Å². The SMILES string of the molecule is O=C(Cc1ccc(F)cc1)NCCN1C(=O)COc2ccccc21. The minimum absolute atomic E-state index is 0.000535. The highest BCUT2D eigenvalue weighted by Gasteiger charge is 2.24. The zero-order valence-corrected chi connectivity index (χ0v) is 13.0. The van der Waals surface area contributed by atoms with Gasteiger partial charge in [-0.3, -0.25) is 9.59 Å². The van der Waals surface area contributed by atoms with Crippen LogP contribution in [0.1, 0.15) is 5.56 Å². The molecule has 0 unspecified atom stereocenters. The van der Waals surface area contributed by atoms with Crippen LogP contribution in [0.15, 0.2) is 48.5 Å². The number of carbonyl (C=O) groups excluding carboxylic acids is 2. The Morgan fingerprint density at radius 3 is 2.71 bits per heavy atom. The molecular formula is C18H17FN2O3. The summed E-state index contributed by atoms with van der Waals surface area (Å²) in [5.74, 6) is 0.0236. The molecule has 1 heterocycles. The lowest BCUT2D eigenvalue weighted by molar-refractivity contribution is -0.122. The Morgan fingerprint density at radius 1 is 1.17 bits per heavy atom. The van der Waals surface area contributed by atoms with Gasteiger partial charge in [-0.25, -0.2) is 4.39 Å². The molecule has 5 nitrogen and oxygen atoms in total. The third-order valence-corrected chi connectivity index (χ3v) is 3.74. The largest absolute Gasteiger partial charge is 0.482 e. The first-order valence-electron chi connectivity index (χ1n) is 7.67. The summed E-state index contributed by atoms with van der Waals surface area (Å²) in [6.07, 6.45) is 0.175. The maximum Gasteiger partial charge on any atom is 0.265 e. The maximum atomic E-state index is 12.8. The highest BCUT2D eigenvalue weighted by Crippen LogP contribution is 2.30. The number of nitrogens with zero attached hydrogens (tertiary/aromatic N) is 1. The number of carbonyl (C=O) groups is 2. The molecule has 0 saturated carbocycles. The fourth-order valence-corrected chi connectivity index (χ4v) is 2.56. The lowest BCUT2D eigenvalue weighted by Crippen LogP contribution is -2.43. The summed E-state index contributed by atoms with van der Waals surface area (Å²) in [5.41, 5.74) is 1.45. The Kier molecular flexibility index (Phi) is 4.74. The van der Waals surface area contributed by atoms with E-state index in [1.54, 1.807) is 17.0 Å². The molecular weight excluding hydrogens is 311 g/mol. The lowest BCUT2D eigenvalue weighted by Gasteiger charge is -2.29. The van der Waals surface area contributed by atoms with Crippen LogP contribution in [-0.4, -0.2) is 31.5 Å². The average molecular weight is 328 g/mol. The van der Waals surface area contributed by atoms with Gasteiger partial charge in [0, 0.05) is 13.1 Å². The second kappa shape index (κ2) is 7.12. The van der Waals surface area contributed by atoms with Crippen molar-refractivity contribution in [2.24, 2.45) is 0 Å². The van der Waals surface area contributed by atoms with Gasteiger partial charge in [0.25, 0.3) is 5.91 Å². The molecule has 0 atom stereocenters. The Balaban J connectivity index is 1.53. The molecule has 1 aliphatic heterocycles. The van der Waals surface area contributed by atoms with E-state index in [-0.39, 0.29) is 30.7 Å². The van der Waals surface area contributed by atoms with Gasteiger partial charge < -0.3 is 15.0 Å². The van der Waals surface area contributed by atoms with E-state index >= 15 is 0 Å². The van der Waals surface area contributed by atoms with Crippen molar-refractivity contribution in [3.63, 3.8) is 0 Å². The smallest absolute Gasteiger partial charge is 0.265 e. The van der Waals surface area contributed by atoms with Crippen LogP contribution >= 0.6 is 0 Å². The van der Waals surface area contributed by atoms with Gasteiger partial charge in [0.2, 0.25) is 5.91 Å². The quantitative estimate of drug-likeness (QED) is 0.912. The van der Waals surface area contributed by atoms with Crippen molar-refractivity contribution >= 4 is 17.5 Å². The van der Waals surface area contributed by atoms with Crippen molar-refractivity contribution in [3.8, 4) is 5.75 Å². The Labute approximate surface area is 139 Å². The van der Waals surface area contributed by atoms with E-state index in [2.05, 4.69) is 5.32 Å². The summed E-state index contributed by atoms with van der Waals surface area (Å²) < 4.78 is 18.2. The monoisotopic (exact) mass is 328 g/mol. The predicted octanol–water partition coefficient (Wildman–Crippen LogP) is 1.91. The van der Waals surface area contributed by atoms with Gasteiger partial charge in [-0.1, -0.05) is 24.3 Å². The van der Waals surface area contributed by atoms with E-state index in [0.717, 1.165) is 5.56 Å². The molecule has 3 rings (SSSR count). The first-order valence-corrected chi connectivity index (χ1v) is 7.67. The summed E-state index contributed by atoms with van der Waals surface area (Å²) in [5, 5.41) is 2.78. The van der Waals surface area contributed by atoms with Crippen molar-refractivity contribution in [3.05, 3.63) is 59.9 Å².